The van der Waals surface area contributed by atoms with Crippen LogP contribution in [0.3, 0.4) is 0 Å². The van der Waals surface area contributed by atoms with Crippen LogP contribution in [-0.2, 0) is 19.1 Å². The predicted molar refractivity (Wildman–Crippen MR) is 132 cm³/mol. The number of rotatable bonds is 7. The predicted octanol–water partition coefficient (Wildman–Crippen LogP) is 5.20. The Bertz CT molecular complexity index is 986. The Balaban J connectivity index is 1.54. The van der Waals surface area contributed by atoms with E-state index < -0.39 is 17.9 Å². The van der Waals surface area contributed by atoms with Crippen molar-refractivity contribution in [2.75, 3.05) is 20.8 Å². The molecule has 6 nitrogen and oxygen atoms in total. The number of esters is 2. The molecule has 35 heavy (non-hydrogen) atoms. The first-order valence-electron chi connectivity index (χ1n) is 12.9. The van der Waals surface area contributed by atoms with Crippen molar-refractivity contribution in [2.24, 2.45) is 23.2 Å². The Kier molecular flexibility index (Phi) is 6.41. The highest BCUT2D eigenvalue weighted by atomic mass is 16.5. The minimum Gasteiger partial charge on any atom is -0.491 e. The molecule has 4 saturated carbocycles. The molecule has 0 N–H and O–H groups in total. The van der Waals surface area contributed by atoms with Gasteiger partial charge >= 0.3 is 11.9 Å². The first kappa shape index (κ1) is 24.0. The summed E-state index contributed by atoms with van der Waals surface area (Å²) in [6.07, 6.45) is 11.6. The second kappa shape index (κ2) is 9.36. The van der Waals surface area contributed by atoms with Crippen molar-refractivity contribution in [2.45, 2.75) is 64.4 Å². The Labute approximate surface area is 208 Å². The molecule has 1 heterocycles. The summed E-state index contributed by atoms with van der Waals surface area (Å²) in [5.41, 5.74) is 1.86. The van der Waals surface area contributed by atoms with E-state index in [1.54, 1.807) is 0 Å². The maximum Gasteiger partial charge on any atom is 0.336 e. The van der Waals surface area contributed by atoms with Gasteiger partial charge in [0.2, 0.25) is 0 Å². The van der Waals surface area contributed by atoms with Crippen molar-refractivity contribution in [1.29, 1.82) is 0 Å². The smallest absolute Gasteiger partial charge is 0.336 e. The molecule has 0 spiro atoms. The van der Waals surface area contributed by atoms with Crippen LogP contribution in [0.25, 0.3) is 0 Å². The number of methoxy groups -OCH3 is 2. The van der Waals surface area contributed by atoms with Crippen molar-refractivity contribution in [3.05, 3.63) is 53.4 Å². The van der Waals surface area contributed by atoms with Crippen molar-refractivity contribution in [3.63, 3.8) is 0 Å². The van der Waals surface area contributed by atoms with Gasteiger partial charge in [0, 0.05) is 24.5 Å². The third-order valence-electron chi connectivity index (χ3n) is 8.35. The van der Waals surface area contributed by atoms with Crippen LogP contribution in [-0.4, -0.2) is 43.7 Å². The minimum absolute atomic E-state index is 0.0524. The van der Waals surface area contributed by atoms with Crippen LogP contribution in [0.5, 0.6) is 5.75 Å². The molecule has 188 valence electrons. The van der Waals surface area contributed by atoms with Crippen molar-refractivity contribution in [1.82, 2.24) is 4.90 Å². The Hall–Kier alpha value is -2.76. The van der Waals surface area contributed by atoms with Gasteiger partial charge in [-0.2, -0.15) is 0 Å². The van der Waals surface area contributed by atoms with Gasteiger partial charge in [-0.25, -0.2) is 9.59 Å². The molecule has 0 saturated heterocycles. The van der Waals surface area contributed by atoms with E-state index in [0.717, 1.165) is 29.9 Å². The maximum absolute atomic E-state index is 13.1. The summed E-state index contributed by atoms with van der Waals surface area (Å²) in [6.45, 7) is 4.73. The molecule has 6 rings (SSSR count). The lowest BCUT2D eigenvalue weighted by Crippen LogP contribution is -2.50. The molecule has 4 aliphatic carbocycles. The van der Waals surface area contributed by atoms with Gasteiger partial charge in [-0.15, -0.1) is 0 Å². The first-order valence-corrected chi connectivity index (χ1v) is 12.9. The number of carbonyl (C=O) groups is 2. The topological polar surface area (TPSA) is 65.1 Å². The molecule has 1 aromatic rings. The van der Waals surface area contributed by atoms with Gasteiger partial charge in [0.1, 0.15) is 5.75 Å². The summed E-state index contributed by atoms with van der Waals surface area (Å²) in [6, 6.07) is 7.58. The van der Waals surface area contributed by atoms with Gasteiger partial charge in [0.15, 0.2) is 0 Å². The number of para-hydroxylation sites is 1. The highest BCUT2D eigenvalue weighted by Gasteiger charge is 2.51. The summed E-state index contributed by atoms with van der Waals surface area (Å²) >= 11 is 0. The number of benzene rings is 1. The summed E-state index contributed by atoms with van der Waals surface area (Å²) in [5.74, 6) is 1.61. The molecule has 1 aliphatic heterocycles. The third kappa shape index (κ3) is 4.60. The quantitative estimate of drug-likeness (QED) is 0.501. The fourth-order valence-corrected chi connectivity index (χ4v) is 7.67. The zero-order valence-corrected chi connectivity index (χ0v) is 21.3. The second-order valence-electron chi connectivity index (χ2n) is 11.4. The molecule has 4 fully saturated rings. The normalized spacial score (nSPS) is 29.6. The van der Waals surface area contributed by atoms with Gasteiger partial charge in [-0.05, 0) is 81.6 Å². The number of carbonyl (C=O) groups excluding carboxylic acids is 2. The van der Waals surface area contributed by atoms with E-state index >= 15 is 0 Å². The lowest BCUT2D eigenvalue weighted by molar-refractivity contribution is -0.137. The van der Waals surface area contributed by atoms with Crippen molar-refractivity contribution < 1.29 is 23.8 Å². The molecule has 4 bridgehead atoms. The Morgan fingerprint density at radius 3 is 1.91 bits per heavy atom. The minimum atomic E-state index is -0.627. The Morgan fingerprint density at radius 1 is 0.914 bits per heavy atom. The highest BCUT2D eigenvalue weighted by molar-refractivity contribution is 5.98. The van der Waals surface area contributed by atoms with Crippen LogP contribution in [0.2, 0.25) is 0 Å². The van der Waals surface area contributed by atoms with Gasteiger partial charge in [-0.1, -0.05) is 18.2 Å². The SMILES string of the molecule is COC(=O)C1=CN(CC23CC4CC(CC(C4)C2)C3)C=C(C(=O)OC)C1c1ccccc1OC(C)C. The van der Waals surface area contributed by atoms with E-state index in [1.807, 2.05) is 50.5 Å². The van der Waals surface area contributed by atoms with E-state index in [4.69, 9.17) is 14.2 Å². The fourth-order valence-electron chi connectivity index (χ4n) is 7.67. The van der Waals surface area contributed by atoms with Crippen LogP contribution in [0.15, 0.2) is 47.8 Å². The number of hydrogen-bond donors (Lipinski definition) is 0. The lowest BCUT2D eigenvalue weighted by Gasteiger charge is -2.57. The van der Waals surface area contributed by atoms with Crippen molar-refractivity contribution in [3.8, 4) is 5.75 Å². The molecule has 0 atom stereocenters. The number of ether oxygens (including phenoxy) is 3. The van der Waals surface area contributed by atoms with E-state index in [9.17, 15) is 9.59 Å². The summed E-state index contributed by atoms with van der Waals surface area (Å²) in [5, 5.41) is 0. The second-order valence-corrected chi connectivity index (χ2v) is 11.4. The van der Waals surface area contributed by atoms with Gasteiger partial charge < -0.3 is 19.1 Å². The molecule has 0 radical (unpaired) electrons. The average Bonchev–Trinajstić information content (AvgIpc) is 2.81. The van der Waals surface area contributed by atoms with E-state index in [1.165, 1.54) is 52.7 Å². The van der Waals surface area contributed by atoms with Crippen molar-refractivity contribution >= 4 is 11.9 Å². The molecule has 1 aromatic carbocycles. The number of nitrogens with zero attached hydrogens (tertiary/aromatic N) is 1. The molecule has 0 aromatic heterocycles. The van der Waals surface area contributed by atoms with E-state index in [0.29, 0.717) is 16.9 Å². The third-order valence-corrected chi connectivity index (χ3v) is 8.35. The molecule has 5 aliphatic rings. The lowest BCUT2D eigenvalue weighted by atomic mass is 9.49. The maximum atomic E-state index is 13.1. The van der Waals surface area contributed by atoms with E-state index in [2.05, 4.69) is 4.90 Å². The molecule has 6 heteroatoms. The standard InChI is InChI=1S/C29H37NO5/c1-18(2)35-25-8-6-5-7-22(25)26-23(27(31)33-3)15-30(16-24(26)28(32)34-4)17-29-12-19-9-20(13-29)11-21(10-19)14-29/h5-8,15-16,18-21,26H,9-14,17H2,1-4H3. The van der Waals surface area contributed by atoms with E-state index in [-0.39, 0.29) is 11.5 Å². The van der Waals surface area contributed by atoms with Gasteiger partial charge in [0.25, 0.3) is 0 Å². The zero-order chi connectivity index (χ0) is 24.7. The van der Waals surface area contributed by atoms with Crippen LogP contribution in [0, 0.1) is 23.2 Å². The van der Waals surface area contributed by atoms with Gasteiger partial charge in [-0.3, -0.25) is 0 Å². The van der Waals surface area contributed by atoms with Crippen LogP contribution in [0.1, 0.15) is 63.9 Å². The summed E-state index contributed by atoms with van der Waals surface area (Å²) in [4.78, 5) is 28.3. The average molecular weight is 480 g/mol. The monoisotopic (exact) mass is 479 g/mol. The zero-order valence-electron chi connectivity index (χ0n) is 21.3. The summed E-state index contributed by atoms with van der Waals surface area (Å²) < 4.78 is 16.5. The molecular weight excluding hydrogens is 442 g/mol. The highest BCUT2D eigenvalue weighted by Crippen LogP contribution is 2.60. The van der Waals surface area contributed by atoms with Crippen LogP contribution in [0.4, 0.5) is 0 Å². The van der Waals surface area contributed by atoms with Crippen LogP contribution < -0.4 is 4.74 Å². The number of hydrogen-bond acceptors (Lipinski definition) is 6. The largest absolute Gasteiger partial charge is 0.491 e. The first-order chi connectivity index (χ1) is 16.8. The van der Waals surface area contributed by atoms with Gasteiger partial charge in [0.05, 0.1) is 37.4 Å². The Morgan fingerprint density at radius 2 is 1.43 bits per heavy atom. The van der Waals surface area contributed by atoms with Crippen LogP contribution >= 0.6 is 0 Å². The molecule has 0 unspecified atom stereocenters. The molecular formula is C29H37NO5. The molecule has 0 amide bonds. The summed E-state index contributed by atoms with van der Waals surface area (Å²) in [7, 11) is 2.77. The fraction of sp³-hybridized carbons (Fsp3) is 0.586.